The lowest BCUT2D eigenvalue weighted by molar-refractivity contribution is 0.414. The summed E-state index contributed by atoms with van der Waals surface area (Å²) in [5.74, 6) is 0.459. The van der Waals surface area contributed by atoms with Crippen LogP contribution in [0.25, 0.3) is 0 Å². The Hall–Kier alpha value is -0.530. The van der Waals surface area contributed by atoms with Crippen LogP contribution in [-0.2, 0) is 10.0 Å². The van der Waals surface area contributed by atoms with Gasteiger partial charge in [0.15, 0.2) is 0 Å². The van der Waals surface area contributed by atoms with Crippen LogP contribution in [0.4, 0.5) is 0 Å². The van der Waals surface area contributed by atoms with E-state index >= 15 is 0 Å². The van der Waals surface area contributed by atoms with E-state index in [0.717, 1.165) is 6.42 Å². The van der Waals surface area contributed by atoms with Crippen molar-refractivity contribution in [3.63, 3.8) is 0 Å². The lowest BCUT2D eigenvalue weighted by Gasteiger charge is -2.11. The van der Waals surface area contributed by atoms with Crippen LogP contribution < -0.4 is 15.2 Å². The summed E-state index contributed by atoms with van der Waals surface area (Å²) in [5.41, 5.74) is 5.95. The second-order valence-electron chi connectivity index (χ2n) is 4.15. The number of benzene rings is 1. The van der Waals surface area contributed by atoms with E-state index in [0.29, 0.717) is 30.8 Å². The van der Waals surface area contributed by atoms with Gasteiger partial charge in [0.1, 0.15) is 5.75 Å². The number of methoxy groups -OCH3 is 1. The molecule has 0 amide bonds. The average molecular weight is 343 g/mol. The van der Waals surface area contributed by atoms with Crippen LogP contribution in [0.3, 0.4) is 0 Å². The number of sulfonamides is 1. The second-order valence-corrected chi connectivity index (χ2v) is 6.29. The third-order valence-corrected chi connectivity index (χ3v) is 4.56. The van der Waals surface area contributed by atoms with Gasteiger partial charge in [-0.15, -0.1) is 12.4 Å². The van der Waals surface area contributed by atoms with Crippen LogP contribution >= 0.6 is 24.0 Å². The molecule has 116 valence electrons. The normalized spacial score (nSPS) is 11.0. The Labute approximate surface area is 131 Å². The van der Waals surface area contributed by atoms with E-state index in [2.05, 4.69) is 4.72 Å². The molecule has 0 fully saturated rings. The molecular weight excluding hydrogens is 323 g/mol. The Kier molecular flexibility index (Phi) is 8.46. The van der Waals surface area contributed by atoms with Crippen molar-refractivity contribution in [3.8, 4) is 5.75 Å². The first kappa shape index (κ1) is 19.5. The molecule has 0 aliphatic rings. The molecule has 3 N–H and O–H groups in total. The van der Waals surface area contributed by atoms with Gasteiger partial charge in [0.2, 0.25) is 10.0 Å². The van der Waals surface area contributed by atoms with Crippen LogP contribution in [0.5, 0.6) is 5.75 Å². The molecule has 0 unspecified atom stereocenters. The number of aryl methyl sites for hydroxylation is 1. The zero-order valence-electron chi connectivity index (χ0n) is 11.5. The summed E-state index contributed by atoms with van der Waals surface area (Å²) in [6.07, 6.45) is 1.49. The molecule has 0 bridgehead atoms. The molecular formula is C12H20Cl2N2O3S. The number of halogens is 2. The Balaban J connectivity index is 0.00000361. The Morgan fingerprint density at radius 3 is 2.55 bits per heavy atom. The van der Waals surface area contributed by atoms with Crippen molar-refractivity contribution >= 4 is 34.0 Å². The number of hydrogen-bond acceptors (Lipinski definition) is 4. The van der Waals surface area contributed by atoms with E-state index in [1.165, 1.54) is 13.2 Å². The number of ether oxygens (including phenoxy) is 1. The van der Waals surface area contributed by atoms with E-state index in [1.54, 1.807) is 13.0 Å². The molecule has 0 aliphatic carbocycles. The van der Waals surface area contributed by atoms with Crippen LogP contribution in [0.15, 0.2) is 17.0 Å². The molecule has 8 heteroatoms. The predicted octanol–water partition coefficient (Wildman–Crippen LogP) is 2.10. The average Bonchev–Trinajstić information content (AvgIpc) is 2.36. The SMILES string of the molecule is COc1cc(C)c(S(=O)(=O)NCCCCN)cc1Cl.Cl. The minimum Gasteiger partial charge on any atom is -0.495 e. The molecule has 0 saturated carbocycles. The Morgan fingerprint density at radius 2 is 2.00 bits per heavy atom. The summed E-state index contributed by atoms with van der Waals surface area (Å²) in [6.45, 7) is 2.62. The van der Waals surface area contributed by atoms with Gasteiger partial charge in [0.25, 0.3) is 0 Å². The molecule has 0 heterocycles. The molecule has 1 rings (SSSR count). The highest BCUT2D eigenvalue weighted by molar-refractivity contribution is 7.89. The molecule has 0 aliphatic heterocycles. The highest BCUT2D eigenvalue weighted by Gasteiger charge is 2.18. The number of nitrogens with two attached hydrogens (primary N) is 1. The van der Waals surface area contributed by atoms with E-state index < -0.39 is 10.0 Å². The van der Waals surface area contributed by atoms with Gasteiger partial charge >= 0.3 is 0 Å². The van der Waals surface area contributed by atoms with E-state index in [1.807, 2.05) is 0 Å². The molecule has 0 saturated heterocycles. The van der Waals surface area contributed by atoms with Gasteiger partial charge < -0.3 is 10.5 Å². The van der Waals surface area contributed by atoms with Crippen molar-refractivity contribution in [2.24, 2.45) is 5.73 Å². The van der Waals surface area contributed by atoms with Gasteiger partial charge in [-0.05, 0) is 44.0 Å². The highest BCUT2D eigenvalue weighted by Crippen LogP contribution is 2.29. The summed E-state index contributed by atoms with van der Waals surface area (Å²) >= 11 is 5.96. The second kappa shape index (κ2) is 8.69. The third kappa shape index (κ3) is 5.10. The van der Waals surface area contributed by atoms with Crippen molar-refractivity contribution < 1.29 is 13.2 Å². The Bertz CT molecular complexity index is 536. The van der Waals surface area contributed by atoms with E-state index in [9.17, 15) is 8.42 Å². The molecule has 1 aromatic rings. The highest BCUT2D eigenvalue weighted by atomic mass is 35.5. The summed E-state index contributed by atoms with van der Waals surface area (Å²) in [6, 6.07) is 3.01. The lowest BCUT2D eigenvalue weighted by atomic mass is 10.2. The summed E-state index contributed by atoms with van der Waals surface area (Å²) < 4.78 is 31.8. The van der Waals surface area contributed by atoms with Crippen LogP contribution in [0.2, 0.25) is 5.02 Å². The zero-order chi connectivity index (χ0) is 14.5. The maximum absolute atomic E-state index is 12.1. The topological polar surface area (TPSA) is 81.4 Å². The minimum absolute atomic E-state index is 0. The molecule has 0 aromatic heterocycles. The third-order valence-electron chi connectivity index (χ3n) is 2.66. The maximum atomic E-state index is 12.1. The Morgan fingerprint density at radius 1 is 1.35 bits per heavy atom. The van der Waals surface area contributed by atoms with Crippen LogP contribution in [0.1, 0.15) is 18.4 Å². The standard InChI is InChI=1S/C12H19ClN2O3S.ClH/c1-9-7-11(18-2)10(13)8-12(9)19(16,17)15-6-4-3-5-14;/h7-8,15H,3-6,14H2,1-2H3;1H. The van der Waals surface area contributed by atoms with Crippen LogP contribution in [0, 0.1) is 6.92 Å². The smallest absolute Gasteiger partial charge is 0.240 e. The monoisotopic (exact) mass is 342 g/mol. The fourth-order valence-corrected chi connectivity index (χ4v) is 3.27. The van der Waals surface area contributed by atoms with Crippen molar-refractivity contribution in [1.29, 1.82) is 0 Å². The van der Waals surface area contributed by atoms with Crippen molar-refractivity contribution in [2.75, 3.05) is 20.2 Å². The minimum atomic E-state index is -3.55. The maximum Gasteiger partial charge on any atom is 0.240 e. The number of rotatable bonds is 7. The van der Waals surface area contributed by atoms with E-state index in [-0.39, 0.29) is 22.3 Å². The number of hydrogen-bond donors (Lipinski definition) is 2. The molecule has 5 nitrogen and oxygen atoms in total. The molecule has 20 heavy (non-hydrogen) atoms. The zero-order valence-corrected chi connectivity index (χ0v) is 13.9. The summed E-state index contributed by atoms with van der Waals surface area (Å²) in [7, 11) is -2.06. The number of nitrogens with one attached hydrogen (secondary N) is 1. The van der Waals surface area contributed by atoms with Crippen molar-refractivity contribution in [2.45, 2.75) is 24.7 Å². The van der Waals surface area contributed by atoms with E-state index in [4.69, 9.17) is 22.1 Å². The first-order valence-corrected chi connectivity index (χ1v) is 7.82. The lowest BCUT2D eigenvalue weighted by Crippen LogP contribution is -2.26. The van der Waals surface area contributed by atoms with Gasteiger partial charge in [-0.1, -0.05) is 11.6 Å². The quantitative estimate of drug-likeness (QED) is 0.743. The van der Waals surface area contributed by atoms with Crippen LogP contribution in [-0.4, -0.2) is 28.6 Å². The fourth-order valence-electron chi connectivity index (χ4n) is 1.64. The fraction of sp³-hybridized carbons (Fsp3) is 0.500. The largest absolute Gasteiger partial charge is 0.495 e. The predicted molar refractivity (Wildman–Crippen MR) is 83.5 cm³/mol. The van der Waals surface area contributed by atoms with Gasteiger partial charge in [-0.3, -0.25) is 0 Å². The summed E-state index contributed by atoms with van der Waals surface area (Å²) in [4.78, 5) is 0.172. The van der Waals surface area contributed by atoms with Crippen molar-refractivity contribution in [1.82, 2.24) is 4.72 Å². The van der Waals surface area contributed by atoms with Crippen molar-refractivity contribution in [3.05, 3.63) is 22.7 Å². The van der Waals surface area contributed by atoms with Gasteiger partial charge in [-0.2, -0.15) is 0 Å². The molecule has 0 spiro atoms. The summed E-state index contributed by atoms with van der Waals surface area (Å²) in [5, 5.41) is 0.274. The molecule has 0 atom stereocenters. The van der Waals surface area contributed by atoms with Gasteiger partial charge in [0, 0.05) is 6.54 Å². The van der Waals surface area contributed by atoms with Gasteiger partial charge in [-0.25, -0.2) is 13.1 Å². The number of unbranched alkanes of at least 4 members (excludes halogenated alkanes) is 1. The molecule has 1 aromatic carbocycles. The first-order chi connectivity index (χ1) is 8.92. The van der Waals surface area contributed by atoms with Gasteiger partial charge in [0.05, 0.1) is 17.0 Å². The first-order valence-electron chi connectivity index (χ1n) is 5.96. The molecule has 0 radical (unpaired) electrons.